The molecule has 6 nitrogen and oxygen atoms in total. The summed E-state index contributed by atoms with van der Waals surface area (Å²) in [6, 6.07) is 4.13. The van der Waals surface area contributed by atoms with Gasteiger partial charge in [0.1, 0.15) is 0 Å². The number of pyridine rings is 1. The molecule has 2 aromatic rings. The molecule has 1 fully saturated rings. The normalized spacial score (nSPS) is 16.5. The second-order valence-corrected chi connectivity index (χ2v) is 8.21. The molecule has 0 bridgehead atoms. The molecule has 27 heavy (non-hydrogen) atoms. The van der Waals surface area contributed by atoms with Crippen LogP contribution in [0.25, 0.3) is 11.4 Å². The maximum absolute atomic E-state index is 12.7. The number of aromatic nitrogens is 4. The van der Waals surface area contributed by atoms with Crippen molar-refractivity contribution in [3.05, 3.63) is 37.2 Å². The van der Waals surface area contributed by atoms with E-state index in [1.165, 1.54) is 37.4 Å². The summed E-state index contributed by atoms with van der Waals surface area (Å²) in [5.41, 5.74) is 0.897. The lowest BCUT2D eigenvalue weighted by atomic mass is 10.1. The number of rotatable bonds is 7. The van der Waals surface area contributed by atoms with Gasteiger partial charge in [-0.3, -0.25) is 14.3 Å². The van der Waals surface area contributed by atoms with Crippen LogP contribution < -0.4 is 5.32 Å². The maximum atomic E-state index is 12.7. The largest absolute Gasteiger partial charge is 0.352 e. The zero-order valence-electron chi connectivity index (χ0n) is 15.8. The van der Waals surface area contributed by atoms with Gasteiger partial charge in [-0.15, -0.1) is 16.8 Å². The average Bonchev–Trinajstić information content (AvgIpc) is 2.89. The Morgan fingerprint density at radius 2 is 2.15 bits per heavy atom. The Kier molecular flexibility index (Phi) is 7.04. The third-order valence-corrected chi connectivity index (χ3v) is 5.88. The molecule has 0 aromatic carbocycles. The van der Waals surface area contributed by atoms with Gasteiger partial charge >= 0.3 is 0 Å². The number of nitrogens with one attached hydrogen (secondary N) is 1. The van der Waals surface area contributed by atoms with E-state index in [0.29, 0.717) is 12.6 Å². The quantitative estimate of drug-likeness (QED) is 0.445. The zero-order valence-corrected chi connectivity index (χ0v) is 16.6. The van der Waals surface area contributed by atoms with E-state index in [4.69, 9.17) is 0 Å². The summed E-state index contributed by atoms with van der Waals surface area (Å²) in [6.07, 6.45) is 12.4. The molecule has 0 aliphatic heterocycles. The Balaban J connectivity index is 1.69. The molecule has 3 rings (SSSR count). The molecule has 1 aliphatic carbocycles. The van der Waals surface area contributed by atoms with E-state index >= 15 is 0 Å². The van der Waals surface area contributed by atoms with Crippen LogP contribution >= 0.6 is 11.8 Å². The third kappa shape index (κ3) is 5.19. The van der Waals surface area contributed by atoms with Crippen molar-refractivity contribution in [2.24, 2.45) is 0 Å². The molecule has 1 atom stereocenters. The zero-order chi connectivity index (χ0) is 19.1. The number of hydrogen-bond donors (Lipinski definition) is 1. The number of amides is 1. The molecule has 0 spiro atoms. The van der Waals surface area contributed by atoms with Gasteiger partial charge in [0.2, 0.25) is 5.91 Å². The van der Waals surface area contributed by atoms with Crippen molar-refractivity contribution in [3.63, 3.8) is 0 Å². The molecule has 2 aromatic heterocycles. The van der Waals surface area contributed by atoms with Gasteiger partial charge in [0, 0.05) is 30.5 Å². The molecule has 0 unspecified atom stereocenters. The van der Waals surface area contributed by atoms with Crippen molar-refractivity contribution in [1.82, 2.24) is 25.1 Å². The molecular formula is C20H27N5OS. The average molecular weight is 386 g/mol. The van der Waals surface area contributed by atoms with E-state index < -0.39 is 0 Å². The van der Waals surface area contributed by atoms with Crippen LogP contribution in [-0.2, 0) is 11.3 Å². The molecule has 1 aliphatic rings. The van der Waals surface area contributed by atoms with Gasteiger partial charge < -0.3 is 5.32 Å². The summed E-state index contributed by atoms with van der Waals surface area (Å²) >= 11 is 1.44. The fourth-order valence-corrected chi connectivity index (χ4v) is 4.20. The lowest BCUT2D eigenvalue weighted by Gasteiger charge is -2.19. The van der Waals surface area contributed by atoms with Crippen LogP contribution in [0.3, 0.4) is 0 Å². The van der Waals surface area contributed by atoms with Gasteiger partial charge in [0.05, 0.1) is 5.25 Å². The smallest absolute Gasteiger partial charge is 0.233 e. The predicted molar refractivity (Wildman–Crippen MR) is 108 cm³/mol. The van der Waals surface area contributed by atoms with Crippen molar-refractivity contribution < 1.29 is 4.79 Å². The molecule has 0 saturated heterocycles. The Morgan fingerprint density at radius 3 is 2.81 bits per heavy atom. The first-order chi connectivity index (χ1) is 13.2. The van der Waals surface area contributed by atoms with Crippen LogP contribution in [0.15, 0.2) is 42.3 Å². The van der Waals surface area contributed by atoms with Gasteiger partial charge in [-0.25, -0.2) is 0 Å². The summed E-state index contributed by atoms with van der Waals surface area (Å²) in [7, 11) is 0. The highest BCUT2D eigenvalue weighted by molar-refractivity contribution is 8.00. The number of allylic oxidation sites excluding steroid dienone is 1. The molecule has 1 N–H and O–H groups in total. The lowest BCUT2D eigenvalue weighted by molar-refractivity contribution is -0.121. The SMILES string of the molecule is C=CCn1c(S[C@@H](C)C(=O)NC2CCCCCC2)nnc1-c1cccnc1. The minimum Gasteiger partial charge on any atom is -0.352 e. The Bertz CT molecular complexity index is 753. The molecule has 1 saturated carbocycles. The number of hydrogen-bond acceptors (Lipinski definition) is 5. The topological polar surface area (TPSA) is 72.7 Å². The molecular weight excluding hydrogens is 358 g/mol. The predicted octanol–water partition coefficient (Wildman–Crippen LogP) is 3.85. The van der Waals surface area contributed by atoms with Crippen molar-refractivity contribution >= 4 is 17.7 Å². The van der Waals surface area contributed by atoms with Crippen LogP contribution in [0.5, 0.6) is 0 Å². The Hall–Kier alpha value is -2.15. The van der Waals surface area contributed by atoms with Gasteiger partial charge in [-0.1, -0.05) is 43.5 Å². The second-order valence-electron chi connectivity index (χ2n) is 6.90. The number of nitrogens with zero attached hydrogens (tertiary/aromatic N) is 4. The van der Waals surface area contributed by atoms with E-state index in [-0.39, 0.29) is 11.2 Å². The van der Waals surface area contributed by atoms with E-state index in [2.05, 4.69) is 27.1 Å². The Labute approximate surface area is 164 Å². The first kappa shape index (κ1) is 19.6. The number of carbonyl (C=O) groups excluding carboxylic acids is 1. The highest BCUT2D eigenvalue weighted by Crippen LogP contribution is 2.27. The van der Waals surface area contributed by atoms with E-state index in [0.717, 1.165) is 29.4 Å². The van der Waals surface area contributed by atoms with Crippen LogP contribution in [-0.4, -0.2) is 36.9 Å². The monoisotopic (exact) mass is 385 g/mol. The van der Waals surface area contributed by atoms with Gasteiger partial charge in [-0.05, 0) is 31.9 Å². The van der Waals surface area contributed by atoms with Gasteiger partial charge in [-0.2, -0.15) is 0 Å². The van der Waals surface area contributed by atoms with E-state index in [1.807, 2.05) is 29.7 Å². The first-order valence-electron chi connectivity index (χ1n) is 9.60. The van der Waals surface area contributed by atoms with Crippen LogP contribution in [0.4, 0.5) is 0 Å². The highest BCUT2D eigenvalue weighted by Gasteiger charge is 2.23. The fourth-order valence-electron chi connectivity index (χ4n) is 3.33. The summed E-state index contributed by atoms with van der Waals surface area (Å²) in [4.78, 5) is 16.8. The molecule has 0 radical (unpaired) electrons. The van der Waals surface area contributed by atoms with Crippen molar-refractivity contribution in [2.75, 3.05) is 0 Å². The minimum atomic E-state index is -0.234. The number of thioether (sulfide) groups is 1. The Morgan fingerprint density at radius 1 is 1.37 bits per heavy atom. The molecule has 2 heterocycles. The summed E-state index contributed by atoms with van der Waals surface area (Å²) in [5.74, 6) is 0.810. The van der Waals surface area contributed by atoms with E-state index in [9.17, 15) is 4.79 Å². The van der Waals surface area contributed by atoms with Crippen LogP contribution in [0.1, 0.15) is 45.4 Å². The summed E-state index contributed by atoms with van der Waals surface area (Å²) < 4.78 is 1.98. The number of carbonyl (C=O) groups is 1. The third-order valence-electron chi connectivity index (χ3n) is 4.80. The molecule has 7 heteroatoms. The van der Waals surface area contributed by atoms with Crippen molar-refractivity contribution in [3.8, 4) is 11.4 Å². The van der Waals surface area contributed by atoms with E-state index in [1.54, 1.807) is 12.4 Å². The minimum absolute atomic E-state index is 0.0722. The second kappa shape index (κ2) is 9.69. The molecule has 144 valence electrons. The van der Waals surface area contributed by atoms with Crippen molar-refractivity contribution in [1.29, 1.82) is 0 Å². The maximum Gasteiger partial charge on any atom is 0.233 e. The summed E-state index contributed by atoms with van der Waals surface area (Å²) in [5, 5.41) is 12.3. The standard InChI is InChI=1S/C20H27N5OS/c1-3-13-25-18(16-9-8-12-21-14-16)23-24-20(25)27-15(2)19(26)22-17-10-6-4-5-7-11-17/h3,8-9,12,14-15,17H,1,4-7,10-11,13H2,2H3,(H,22,26)/t15-/m0/s1. The summed E-state index contributed by atoms with van der Waals surface area (Å²) in [6.45, 7) is 6.34. The highest BCUT2D eigenvalue weighted by atomic mass is 32.2. The molecule has 1 amide bonds. The first-order valence-corrected chi connectivity index (χ1v) is 10.5. The van der Waals surface area contributed by atoms with Gasteiger partial charge in [0.25, 0.3) is 0 Å². The fraction of sp³-hybridized carbons (Fsp3) is 0.500. The lowest BCUT2D eigenvalue weighted by Crippen LogP contribution is -2.39. The van der Waals surface area contributed by atoms with Crippen molar-refractivity contribution in [2.45, 2.75) is 68.4 Å². The van der Waals surface area contributed by atoms with Gasteiger partial charge in [0.15, 0.2) is 11.0 Å². The van der Waals surface area contributed by atoms with Crippen LogP contribution in [0, 0.1) is 0 Å². The van der Waals surface area contributed by atoms with Crippen LogP contribution in [0.2, 0.25) is 0 Å².